The molecule has 0 saturated carbocycles. The van der Waals surface area contributed by atoms with Crippen LogP contribution in [0.2, 0.25) is 0 Å². The largest absolute Gasteiger partial charge is 0.354 e. The van der Waals surface area contributed by atoms with Gasteiger partial charge < -0.3 is 9.80 Å². The van der Waals surface area contributed by atoms with E-state index in [9.17, 15) is 0 Å². The van der Waals surface area contributed by atoms with Crippen LogP contribution in [0.25, 0.3) is 0 Å². The molecule has 1 aliphatic carbocycles. The van der Waals surface area contributed by atoms with Crippen molar-refractivity contribution in [1.82, 2.24) is 24.8 Å². The molecule has 2 aromatic rings. The van der Waals surface area contributed by atoms with E-state index < -0.39 is 0 Å². The zero-order valence-electron chi connectivity index (χ0n) is 20.4. The van der Waals surface area contributed by atoms with Crippen molar-refractivity contribution >= 4 is 5.82 Å². The van der Waals surface area contributed by atoms with Gasteiger partial charge in [-0.15, -0.1) is 0 Å². The number of likely N-dealkylation sites (tertiary alicyclic amines) is 1. The Hall–Kier alpha value is -2.05. The Balaban J connectivity index is 0.00000119. The quantitative estimate of drug-likeness (QED) is 0.703. The molecule has 6 heteroatoms. The Morgan fingerprint density at radius 1 is 0.906 bits per heavy atom. The predicted octanol–water partition coefficient (Wildman–Crippen LogP) is 4.56. The van der Waals surface area contributed by atoms with Gasteiger partial charge in [-0.3, -0.25) is 9.88 Å². The van der Waals surface area contributed by atoms with Crippen molar-refractivity contribution in [2.24, 2.45) is 0 Å². The van der Waals surface area contributed by atoms with E-state index >= 15 is 0 Å². The third-order valence-electron chi connectivity index (χ3n) is 7.12. The molecular formula is C26H40N6. The van der Waals surface area contributed by atoms with E-state index in [2.05, 4.69) is 39.9 Å². The van der Waals surface area contributed by atoms with Gasteiger partial charge in [-0.05, 0) is 64.3 Å². The average molecular weight is 437 g/mol. The Labute approximate surface area is 194 Å². The maximum Gasteiger partial charge on any atom is 0.132 e. The molecule has 0 aromatic carbocycles. The number of nitrogens with zero attached hydrogens (tertiary/aromatic N) is 6. The molecule has 0 spiro atoms. The summed E-state index contributed by atoms with van der Waals surface area (Å²) in [6.45, 7) is 11.5. The summed E-state index contributed by atoms with van der Waals surface area (Å²) in [5.41, 5.74) is 3.95. The second-order valence-corrected chi connectivity index (χ2v) is 9.19. The van der Waals surface area contributed by atoms with Crippen molar-refractivity contribution in [3.8, 4) is 0 Å². The predicted molar refractivity (Wildman–Crippen MR) is 131 cm³/mol. The molecule has 3 aliphatic rings. The highest BCUT2D eigenvalue weighted by atomic mass is 15.3. The van der Waals surface area contributed by atoms with Gasteiger partial charge in [0.2, 0.25) is 0 Å². The minimum atomic E-state index is 0.365. The second-order valence-electron chi connectivity index (χ2n) is 9.19. The Kier molecular flexibility index (Phi) is 7.74. The zero-order chi connectivity index (χ0) is 22.5. The number of pyridine rings is 1. The van der Waals surface area contributed by atoms with Crippen molar-refractivity contribution in [1.29, 1.82) is 0 Å². The van der Waals surface area contributed by atoms with E-state index in [4.69, 9.17) is 15.0 Å². The van der Waals surface area contributed by atoms with Crippen LogP contribution in [0.1, 0.15) is 80.8 Å². The van der Waals surface area contributed by atoms with Gasteiger partial charge in [-0.1, -0.05) is 26.3 Å². The van der Waals surface area contributed by atoms with Gasteiger partial charge in [0.05, 0.1) is 23.5 Å². The number of aromatic nitrogens is 3. The molecule has 0 N–H and O–H groups in total. The van der Waals surface area contributed by atoms with E-state index in [1.165, 1.54) is 55.5 Å². The lowest BCUT2D eigenvalue weighted by Gasteiger charge is -2.43. The molecule has 5 rings (SSSR count). The zero-order valence-corrected chi connectivity index (χ0v) is 20.4. The molecule has 174 valence electrons. The number of likely N-dealkylation sites (N-methyl/N-ethyl adjacent to an activating group) is 1. The van der Waals surface area contributed by atoms with Crippen LogP contribution in [-0.4, -0.2) is 64.5 Å². The number of aryl methyl sites for hydroxylation is 2. The number of piperazine rings is 1. The molecule has 2 aliphatic heterocycles. The summed E-state index contributed by atoms with van der Waals surface area (Å²) >= 11 is 0. The first-order valence-corrected chi connectivity index (χ1v) is 12.7. The molecular weight excluding hydrogens is 396 g/mol. The molecule has 2 aromatic heterocycles. The van der Waals surface area contributed by atoms with Crippen LogP contribution in [0.4, 0.5) is 5.82 Å². The molecule has 6 nitrogen and oxygen atoms in total. The third-order valence-corrected chi connectivity index (χ3v) is 7.12. The minimum Gasteiger partial charge on any atom is -0.354 e. The van der Waals surface area contributed by atoms with Crippen molar-refractivity contribution in [3.05, 3.63) is 47.2 Å². The van der Waals surface area contributed by atoms with Crippen molar-refractivity contribution in [3.63, 3.8) is 0 Å². The molecule has 2 atom stereocenters. The van der Waals surface area contributed by atoms with Gasteiger partial charge >= 0.3 is 0 Å². The highest BCUT2D eigenvalue weighted by Crippen LogP contribution is 2.42. The lowest BCUT2D eigenvalue weighted by molar-refractivity contribution is 0.0786. The molecule has 32 heavy (non-hydrogen) atoms. The topological polar surface area (TPSA) is 48.4 Å². The molecule has 4 heterocycles. The van der Waals surface area contributed by atoms with Gasteiger partial charge in [-0.2, -0.15) is 0 Å². The van der Waals surface area contributed by atoms with Crippen LogP contribution in [0, 0.1) is 6.92 Å². The maximum atomic E-state index is 4.96. The first-order valence-electron chi connectivity index (χ1n) is 12.7. The lowest BCUT2D eigenvalue weighted by atomic mass is 9.87. The summed E-state index contributed by atoms with van der Waals surface area (Å²) in [7, 11) is 2.20. The summed E-state index contributed by atoms with van der Waals surface area (Å²) in [4.78, 5) is 22.1. The molecule has 0 amide bonds. The minimum absolute atomic E-state index is 0.365. The number of hydrogen-bond acceptors (Lipinski definition) is 6. The molecule has 2 fully saturated rings. The monoisotopic (exact) mass is 436 g/mol. The summed E-state index contributed by atoms with van der Waals surface area (Å²) in [5, 5.41) is 0. The van der Waals surface area contributed by atoms with Crippen LogP contribution in [0.15, 0.2) is 24.4 Å². The highest BCUT2D eigenvalue weighted by Gasteiger charge is 2.35. The average Bonchev–Trinajstić information content (AvgIpc) is 2.85. The molecule has 0 unspecified atom stereocenters. The van der Waals surface area contributed by atoms with Crippen LogP contribution in [0.3, 0.4) is 0 Å². The van der Waals surface area contributed by atoms with Crippen molar-refractivity contribution in [2.45, 2.75) is 71.4 Å². The van der Waals surface area contributed by atoms with E-state index in [-0.39, 0.29) is 0 Å². The molecule has 2 saturated heterocycles. The number of piperidine rings is 1. The summed E-state index contributed by atoms with van der Waals surface area (Å²) in [5.74, 6) is 2.01. The van der Waals surface area contributed by atoms with Crippen LogP contribution < -0.4 is 4.90 Å². The Bertz CT molecular complexity index is 876. The van der Waals surface area contributed by atoms with Gasteiger partial charge in [-0.25, -0.2) is 9.97 Å². The number of anilines is 1. The van der Waals surface area contributed by atoms with Crippen molar-refractivity contribution in [2.75, 3.05) is 44.7 Å². The highest BCUT2D eigenvalue weighted by molar-refractivity contribution is 5.41. The standard InChI is InChI=1S/C24H34N6.C2H6/c1-18-26-20(17-23(27-18)29-15-13-28(2)14-16-29)21-9-3-4-12-30(21)22-10-5-7-19-8-6-11-25-24(19)22;1-2/h6,8,11,17,21-22H,3-5,7,9-10,12-16H2,1-2H3;1-2H3/t21-,22+;/m1./s1. The smallest absolute Gasteiger partial charge is 0.132 e. The van der Waals surface area contributed by atoms with E-state index in [1.54, 1.807) is 0 Å². The van der Waals surface area contributed by atoms with Gasteiger partial charge in [0.15, 0.2) is 0 Å². The van der Waals surface area contributed by atoms with Gasteiger partial charge in [0.1, 0.15) is 11.6 Å². The fourth-order valence-electron chi connectivity index (χ4n) is 5.49. The fourth-order valence-corrected chi connectivity index (χ4v) is 5.49. The summed E-state index contributed by atoms with van der Waals surface area (Å²) in [6, 6.07) is 7.43. The van der Waals surface area contributed by atoms with Crippen LogP contribution in [-0.2, 0) is 6.42 Å². The van der Waals surface area contributed by atoms with Crippen molar-refractivity contribution < 1.29 is 0 Å². The maximum absolute atomic E-state index is 4.96. The van der Waals surface area contributed by atoms with Gasteiger partial charge in [0, 0.05) is 38.4 Å². The summed E-state index contributed by atoms with van der Waals surface area (Å²) < 4.78 is 0. The first kappa shape index (κ1) is 23.1. The van der Waals surface area contributed by atoms with Gasteiger partial charge in [0.25, 0.3) is 0 Å². The number of rotatable bonds is 3. The van der Waals surface area contributed by atoms with E-state index in [0.717, 1.165) is 44.4 Å². The molecule has 0 radical (unpaired) electrons. The first-order chi connectivity index (χ1) is 15.7. The SMILES string of the molecule is CC.Cc1nc([C@H]2CCCCN2[C@H]2CCCc3cccnc32)cc(N2CCN(C)CC2)n1. The summed E-state index contributed by atoms with van der Waals surface area (Å²) in [6.07, 6.45) is 9.31. The van der Waals surface area contributed by atoms with Crippen LogP contribution >= 0.6 is 0 Å². The normalized spacial score (nSPS) is 24.4. The number of fused-ring (bicyclic) bond motifs is 1. The molecule has 0 bridgehead atoms. The van der Waals surface area contributed by atoms with E-state index in [1.807, 2.05) is 27.0 Å². The fraction of sp³-hybridized carbons (Fsp3) is 0.654. The Morgan fingerprint density at radius 2 is 1.69 bits per heavy atom. The number of hydrogen-bond donors (Lipinski definition) is 0. The third kappa shape index (κ3) is 4.96. The van der Waals surface area contributed by atoms with Crippen LogP contribution in [0.5, 0.6) is 0 Å². The Morgan fingerprint density at radius 3 is 2.50 bits per heavy atom. The lowest BCUT2D eigenvalue weighted by Crippen LogP contribution is -2.45. The van der Waals surface area contributed by atoms with E-state index in [0.29, 0.717) is 12.1 Å². The second kappa shape index (κ2) is 10.7.